The largest absolute Gasteiger partial charge is 0.497 e. The molecular formula is C13H18N2O2. The van der Waals surface area contributed by atoms with Crippen molar-refractivity contribution in [2.45, 2.75) is 18.9 Å². The minimum Gasteiger partial charge on any atom is -0.497 e. The van der Waals surface area contributed by atoms with Crippen LogP contribution in [0.5, 0.6) is 5.75 Å². The Labute approximate surface area is 101 Å². The summed E-state index contributed by atoms with van der Waals surface area (Å²) >= 11 is 0. The van der Waals surface area contributed by atoms with E-state index in [1.165, 1.54) is 0 Å². The zero-order chi connectivity index (χ0) is 12.1. The molecule has 0 aliphatic carbocycles. The maximum absolute atomic E-state index is 5.78. The number of ether oxygens (including phenoxy) is 2. The van der Waals surface area contributed by atoms with E-state index in [1.54, 1.807) is 7.11 Å². The maximum atomic E-state index is 5.78. The summed E-state index contributed by atoms with van der Waals surface area (Å²) in [4.78, 5) is 4.38. The number of rotatable bonds is 5. The molecule has 1 aliphatic heterocycles. The molecule has 92 valence electrons. The Hall–Kier alpha value is -1.55. The molecule has 1 aromatic carbocycles. The zero-order valence-electron chi connectivity index (χ0n) is 10.1. The van der Waals surface area contributed by atoms with Crippen LogP contribution >= 0.6 is 0 Å². The Bertz CT molecular complexity index is 387. The molecule has 0 radical (unpaired) electrons. The number of nitrogens with two attached hydrogens (primary N) is 1. The Morgan fingerprint density at radius 2 is 2.18 bits per heavy atom. The van der Waals surface area contributed by atoms with E-state index in [0.717, 1.165) is 30.1 Å². The normalized spacial score (nSPS) is 18.7. The highest BCUT2D eigenvalue weighted by Gasteiger charge is 2.20. The Morgan fingerprint density at radius 3 is 2.82 bits per heavy atom. The lowest BCUT2D eigenvalue weighted by atomic mass is 10.1. The van der Waals surface area contributed by atoms with Gasteiger partial charge in [-0.15, -0.1) is 0 Å². The predicted octanol–water partition coefficient (Wildman–Crippen LogP) is 1.90. The average molecular weight is 234 g/mol. The number of aliphatic imine (C=N–C) groups is 1. The first kappa shape index (κ1) is 11.9. The first-order valence-corrected chi connectivity index (χ1v) is 5.87. The van der Waals surface area contributed by atoms with Crippen LogP contribution < -0.4 is 10.5 Å². The summed E-state index contributed by atoms with van der Waals surface area (Å²) in [6, 6.07) is 7.92. The van der Waals surface area contributed by atoms with E-state index in [-0.39, 0.29) is 6.10 Å². The first-order valence-electron chi connectivity index (χ1n) is 5.87. The van der Waals surface area contributed by atoms with Crippen LogP contribution in [0.3, 0.4) is 0 Å². The highest BCUT2D eigenvalue weighted by atomic mass is 16.5. The lowest BCUT2D eigenvalue weighted by molar-refractivity contribution is 0.223. The molecule has 1 atom stereocenters. The van der Waals surface area contributed by atoms with Crippen LogP contribution in [0.4, 0.5) is 0 Å². The van der Waals surface area contributed by atoms with Crippen molar-refractivity contribution in [2.75, 3.05) is 20.2 Å². The Morgan fingerprint density at radius 1 is 1.41 bits per heavy atom. The number of benzene rings is 1. The summed E-state index contributed by atoms with van der Waals surface area (Å²) in [5.74, 6) is 1.69. The van der Waals surface area contributed by atoms with Gasteiger partial charge in [0.25, 0.3) is 0 Å². The van der Waals surface area contributed by atoms with Gasteiger partial charge in [-0.2, -0.15) is 0 Å². The molecule has 0 spiro atoms. The second kappa shape index (κ2) is 5.68. The molecule has 1 aromatic rings. The fourth-order valence-electron chi connectivity index (χ4n) is 1.81. The number of hydrogen-bond donors (Lipinski definition) is 1. The highest BCUT2D eigenvalue weighted by molar-refractivity contribution is 5.77. The van der Waals surface area contributed by atoms with E-state index in [1.807, 2.05) is 24.3 Å². The summed E-state index contributed by atoms with van der Waals surface area (Å²) in [5.41, 5.74) is 6.60. The van der Waals surface area contributed by atoms with Gasteiger partial charge in [0.1, 0.15) is 11.9 Å². The van der Waals surface area contributed by atoms with Gasteiger partial charge in [-0.25, -0.2) is 0 Å². The fourth-order valence-corrected chi connectivity index (χ4v) is 1.81. The monoisotopic (exact) mass is 234 g/mol. The third kappa shape index (κ3) is 2.97. The van der Waals surface area contributed by atoms with Crippen LogP contribution in [0.25, 0.3) is 0 Å². The molecular weight excluding hydrogens is 216 g/mol. The fraction of sp³-hybridized carbons (Fsp3) is 0.462. The van der Waals surface area contributed by atoms with E-state index in [9.17, 15) is 0 Å². The van der Waals surface area contributed by atoms with Gasteiger partial charge in [0.05, 0.1) is 13.7 Å². The van der Waals surface area contributed by atoms with Crippen molar-refractivity contribution in [2.24, 2.45) is 10.7 Å². The quantitative estimate of drug-likeness (QED) is 0.846. The molecule has 1 heterocycles. The van der Waals surface area contributed by atoms with E-state index in [2.05, 4.69) is 4.99 Å². The summed E-state index contributed by atoms with van der Waals surface area (Å²) < 4.78 is 10.9. The molecule has 0 amide bonds. The minimum absolute atomic E-state index is 0.0497. The smallest absolute Gasteiger partial charge is 0.184 e. The summed E-state index contributed by atoms with van der Waals surface area (Å²) in [5, 5.41) is 0. The SMILES string of the molecule is COc1ccc(C2CN=C(CCCN)O2)cc1. The molecule has 0 saturated carbocycles. The van der Waals surface area contributed by atoms with Crippen molar-refractivity contribution in [1.29, 1.82) is 0 Å². The van der Waals surface area contributed by atoms with Crippen molar-refractivity contribution < 1.29 is 9.47 Å². The first-order chi connectivity index (χ1) is 8.33. The van der Waals surface area contributed by atoms with Crippen LogP contribution in [0.2, 0.25) is 0 Å². The Balaban J connectivity index is 1.92. The van der Waals surface area contributed by atoms with Crippen LogP contribution in [0.15, 0.2) is 29.3 Å². The molecule has 4 heteroatoms. The maximum Gasteiger partial charge on any atom is 0.184 e. The van der Waals surface area contributed by atoms with Gasteiger partial charge >= 0.3 is 0 Å². The molecule has 0 bridgehead atoms. The summed E-state index contributed by atoms with van der Waals surface area (Å²) in [7, 11) is 1.66. The lowest BCUT2D eigenvalue weighted by Crippen LogP contribution is -2.07. The van der Waals surface area contributed by atoms with E-state index in [0.29, 0.717) is 13.1 Å². The van der Waals surface area contributed by atoms with Gasteiger partial charge < -0.3 is 15.2 Å². The summed E-state index contributed by atoms with van der Waals surface area (Å²) in [6.45, 7) is 1.38. The van der Waals surface area contributed by atoms with Crippen LogP contribution in [0, 0.1) is 0 Å². The third-order valence-electron chi connectivity index (χ3n) is 2.79. The molecule has 2 rings (SSSR count). The topological polar surface area (TPSA) is 56.8 Å². The van der Waals surface area contributed by atoms with Gasteiger partial charge in [0.15, 0.2) is 5.90 Å². The Kier molecular flexibility index (Phi) is 3.98. The van der Waals surface area contributed by atoms with Gasteiger partial charge in [-0.1, -0.05) is 12.1 Å². The highest BCUT2D eigenvalue weighted by Crippen LogP contribution is 2.25. The zero-order valence-corrected chi connectivity index (χ0v) is 10.1. The minimum atomic E-state index is 0.0497. The van der Waals surface area contributed by atoms with Gasteiger partial charge in [-0.05, 0) is 30.7 Å². The molecule has 1 aliphatic rings. The standard InChI is InChI=1S/C13H18N2O2/c1-16-11-6-4-10(5-7-11)12-9-15-13(17-12)3-2-8-14/h4-7,12H,2-3,8-9,14H2,1H3. The molecule has 0 aromatic heterocycles. The van der Waals surface area contributed by atoms with Crippen molar-refractivity contribution in [1.82, 2.24) is 0 Å². The van der Waals surface area contributed by atoms with Crippen molar-refractivity contribution >= 4 is 5.90 Å². The average Bonchev–Trinajstić information content (AvgIpc) is 2.85. The molecule has 1 unspecified atom stereocenters. The second-order valence-electron chi connectivity index (χ2n) is 4.01. The van der Waals surface area contributed by atoms with Crippen molar-refractivity contribution in [3.8, 4) is 5.75 Å². The molecule has 0 saturated heterocycles. The van der Waals surface area contributed by atoms with E-state index >= 15 is 0 Å². The van der Waals surface area contributed by atoms with Crippen molar-refractivity contribution in [3.63, 3.8) is 0 Å². The third-order valence-corrected chi connectivity index (χ3v) is 2.79. The molecule has 4 nitrogen and oxygen atoms in total. The van der Waals surface area contributed by atoms with E-state index in [4.69, 9.17) is 15.2 Å². The number of methoxy groups -OCH3 is 1. The van der Waals surface area contributed by atoms with Gasteiger partial charge in [-0.3, -0.25) is 4.99 Å². The predicted molar refractivity (Wildman–Crippen MR) is 67.4 cm³/mol. The van der Waals surface area contributed by atoms with Crippen LogP contribution in [-0.4, -0.2) is 26.1 Å². The molecule has 2 N–H and O–H groups in total. The van der Waals surface area contributed by atoms with Crippen LogP contribution in [-0.2, 0) is 4.74 Å². The molecule has 0 fully saturated rings. The number of nitrogens with zero attached hydrogens (tertiary/aromatic N) is 1. The van der Waals surface area contributed by atoms with Crippen molar-refractivity contribution in [3.05, 3.63) is 29.8 Å². The molecule has 17 heavy (non-hydrogen) atoms. The van der Waals surface area contributed by atoms with Gasteiger partial charge in [0, 0.05) is 6.42 Å². The number of hydrogen-bond acceptors (Lipinski definition) is 4. The second-order valence-corrected chi connectivity index (χ2v) is 4.01. The van der Waals surface area contributed by atoms with Gasteiger partial charge in [0.2, 0.25) is 0 Å². The summed E-state index contributed by atoms with van der Waals surface area (Å²) in [6.07, 6.45) is 1.81. The lowest BCUT2D eigenvalue weighted by Gasteiger charge is -2.12. The van der Waals surface area contributed by atoms with Crippen LogP contribution in [0.1, 0.15) is 24.5 Å². The van der Waals surface area contributed by atoms with E-state index < -0.39 is 0 Å².